The van der Waals surface area contributed by atoms with E-state index in [9.17, 15) is 0 Å². The molecule has 0 fully saturated rings. The second kappa shape index (κ2) is 4.87. The summed E-state index contributed by atoms with van der Waals surface area (Å²) in [5.74, 6) is 1.61. The maximum Gasteiger partial charge on any atom is 0.225 e. The quantitative estimate of drug-likeness (QED) is 0.628. The number of fused-ring (bicyclic) bond motifs is 1. The Morgan fingerprint density at radius 2 is 1.89 bits per heavy atom. The fourth-order valence-electron chi connectivity index (χ4n) is 2.20. The minimum Gasteiger partial charge on any atom is -0.497 e. The van der Waals surface area contributed by atoms with Crippen LogP contribution in [0.2, 0.25) is 10.4 Å². The van der Waals surface area contributed by atoms with Crippen LogP contribution in [0.1, 0.15) is 5.56 Å². The lowest BCUT2D eigenvalue weighted by Gasteiger charge is -2.18. The zero-order valence-electron chi connectivity index (χ0n) is 10.2. The summed E-state index contributed by atoms with van der Waals surface area (Å²) in [6, 6.07) is 7.80. The van der Waals surface area contributed by atoms with E-state index in [4.69, 9.17) is 27.9 Å². The summed E-state index contributed by atoms with van der Waals surface area (Å²) >= 11 is 12.0. The lowest BCUT2D eigenvalue weighted by atomic mass is 10.3. The van der Waals surface area contributed by atoms with Crippen LogP contribution in [0.5, 0.6) is 5.75 Å². The standard InChI is InChI=1S/C13H11Cl2N3O/c1-19-9-4-2-8(3-5-9)18-7-6-10-11(14)16-13(15)17-12(10)18/h2-5H,6-7H2,1H3. The van der Waals surface area contributed by atoms with Gasteiger partial charge in [-0.15, -0.1) is 0 Å². The van der Waals surface area contributed by atoms with Crippen LogP contribution in [0, 0.1) is 0 Å². The third-order valence-corrected chi connectivity index (χ3v) is 3.61. The minimum atomic E-state index is 0.171. The molecule has 0 spiro atoms. The number of anilines is 2. The fourth-order valence-corrected chi connectivity index (χ4v) is 2.67. The predicted octanol–water partition coefficient (Wildman–Crippen LogP) is 3.49. The van der Waals surface area contributed by atoms with E-state index in [1.165, 1.54) is 0 Å². The first-order valence-corrected chi connectivity index (χ1v) is 6.58. The highest BCUT2D eigenvalue weighted by molar-refractivity contribution is 6.32. The topological polar surface area (TPSA) is 38.2 Å². The Bertz CT molecular complexity index is 616. The van der Waals surface area contributed by atoms with E-state index in [-0.39, 0.29) is 5.28 Å². The van der Waals surface area contributed by atoms with Gasteiger partial charge in [-0.2, -0.15) is 4.98 Å². The number of hydrogen-bond acceptors (Lipinski definition) is 4. The fraction of sp³-hybridized carbons (Fsp3) is 0.231. The molecule has 0 unspecified atom stereocenters. The molecule has 0 radical (unpaired) electrons. The van der Waals surface area contributed by atoms with Gasteiger partial charge >= 0.3 is 0 Å². The molecule has 2 aromatic rings. The van der Waals surface area contributed by atoms with Crippen LogP contribution >= 0.6 is 23.2 Å². The number of aromatic nitrogens is 2. The highest BCUT2D eigenvalue weighted by Crippen LogP contribution is 2.37. The number of ether oxygens (including phenoxy) is 1. The van der Waals surface area contributed by atoms with Gasteiger partial charge in [-0.1, -0.05) is 11.6 Å². The molecule has 6 heteroatoms. The first kappa shape index (κ1) is 12.5. The molecule has 1 aliphatic heterocycles. The molecule has 0 N–H and O–H groups in total. The first-order chi connectivity index (χ1) is 9.19. The highest BCUT2D eigenvalue weighted by atomic mass is 35.5. The molecule has 0 amide bonds. The normalized spacial score (nSPS) is 13.5. The van der Waals surface area contributed by atoms with Crippen molar-refractivity contribution in [2.75, 3.05) is 18.6 Å². The maximum absolute atomic E-state index is 6.09. The van der Waals surface area contributed by atoms with Gasteiger partial charge in [-0.25, -0.2) is 4.98 Å². The SMILES string of the molecule is COc1ccc(N2CCc3c(Cl)nc(Cl)nc32)cc1. The van der Waals surface area contributed by atoms with E-state index in [0.717, 1.165) is 35.8 Å². The summed E-state index contributed by atoms with van der Waals surface area (Å²) in [4.78, 5) is 10.3. The molecule has 3 rings (SSSR count). The van der Waals surface area contributed by atoms with Gasteiger partial charge in [0.25, 0.3) is 0 Å². The molecule has 0 atom stereocenters. The van der Waals surface area contributed by atoms with Gasteiger partial charge in [0.1, 0.15) is 16.7 Å². The molecule has 0 saturated carbocycles. The summed E-state index contributed by atoms with van der Waals surface area (Å²) < 4.78 is 5.15. The van der Waals surface area contributed by atoms with E-state index in [2.05, 4.69) is 14.9 Å². The van der Waals surface area contributed by atoms with E-state index in [0.29, 0.717) is 5.15 Å². The van der Waals surface area contributed by atoms with Crippen molar-refractivity contribution in [1.82, 2.24) is 9.97 Å². The Kier molecular flexibility index (Phi) is 3.21. The third kappa shape index (κ3) is 2.22. The Morgan fingerprint density at radius 3 is 2.58 bits per heavy atom. The van der Waals surface area contributed by atoms with Gasteiger partial charge in [0.15, 0.2) is 0 Å². The van der Waals surface area contributed by atoms with Crippen LogP contribution in [0.4, 0.5) is 11.5 Å². The molecule has 4 nitrogen and oxygen atoms in total. The third-order valence-electron chi connectivity index (χ3n) is 3.13. The summed E-state index contributed by atoms with van der Waals surface area (Å²) in [5.41, 5.74) is 1.98. The van der Waals surface area contributed by atoms with E-state index in [1.807, 2.05) is 24.3 Å². The number of rotatable bonds is 2. The largest absolute Gasteiger partial charge is 0.497 e. The van der Waals surface area contributed by atoms with Gasteiger partial charge in [-0.05, 0) is 42.3 Å². The zero-order valence-corrected chi connectivity index (χ0v) is 11.7. The number of methoxy groups -OCH3 is 1. The lowest BCUT2D eigenvalue weighted by molar-refractivity contribution is 0.415. The number of halogens is 2. The van der Waals surface area contributed by atoms with Crippen LogP contribution in [-0.4, -0.2) is 23.6 Å². The molecule has 98 valence electrons. The number of nitrogens with zero attached hydrogens (tertiary/aromatic N) is 3. The molecular weight excluding hydrogens is 285 g/mol. The van der Waals surface area contributed by atoms with E-state index < -0.39 is 0 Å². The zero-order chi connectivity index (χ0) is 13.4. The van der Waals surface area contributed by atoms with Gasteiger partial charge < -0.3 is 9.64 Å². The first-order valence-electron chi connectivity index (χ1n) is 5.82. The van der Waals surface area contributed by atoms with Crippen molar-refractivity contribution in [3.63, 3.8) is 0 Å². The molecule has 1 aromatic carbocycles. The van der Waals surface area contributed by atoms with Crippen molar-refractivity contribution >= 4 is 34.7 Å². The molecule has 0 bridgehead atoms. The average Bonchev–Trinajstić information content (AvgIpc) is 2.83. The number of benzene rings is 1. The Labute approximate surface area is 120 Å². The summed E-state index contributed by atoms with van der Waals surface area (Å²) in [6.07, 6.45) is 0.817. The summed E-state index contributed by atoms with van der Waals surface area (Å²) in [6.45, 7) is 0.816. The van der Waals surface area contributed by atoms with Gasteiger partial charge in [0, 0.05) is 17.8 Å². The summed E-state index contributed by atoms with van der Waals surface area (Å²) in [5, 5.41) is 0.607. The van der Waals surface area contributed by atoms with Crippen molar-refractivity contribution in [3.05, 3.63) is 40.3 Å². The van der Waals surface area contributed by atoms with Crippen molar-refractivity contribution in [2.24, 2.45) is 0 Å². The Morgan fingerprint density at radius 1 is 1.16 bits per heavy atom. The average molecular weight is 296 g/mol. The van der Waals surface area contributed by atoms with Crippen molar-refractivity contribution in [2.45, 2.75) is 6.42 Å². The molecule has 1 aromatic heterocycles. The molecule has 2 heterocycles. The highest BCUT2D eigenvalue weighted by Gasteiger charge is 2.25. The maximum atomic E-state index is 6.09. The van der Waals surface area contributed by atoms with Crippen molar-refractivity contribution < 1.29 is 4.74 Å². The van der Waals surface area contributed by atoms with Crippen LogP contribution in [0.3, 0.4) is 0 Å². The van der Waals surface area contributed by atoms with Crippen LogP contribution in [0.25, 0.3) is 0 Å². The number of hydrogen-bond donors (Lipinski definition) is 0. The van der Waals surface area contributed by atoms with Gasteiger partial charge in [0.2, 0.25) is 5.28 Å². The molecule has 0 aliphatic carbocycles. The monoisotopic (exact) mass is 295 g/mol. The van der Waals surface area contributed by atoms with Gasteiger partial charge in [-0.3, -0.25) is 0 Å². The van der Waals surface area contributed by atoms with Crippen LogP contribution in [0.15, 0.2) is 24.3 Å². The Hall–Kier alpha value is -1.52. The smallest absolute Gasteiger partial charge is 0.225 e. The van der Waals surface area contributed by atoms with Crippen molar-refractivity contribution in [3.8, 4) is 5.75 Å². The predicted molar refractivity (Wildman–Crippen MR) is 75.8 cm³/mol. The second-order valence-electron chi connectivity index (χ2n) is 4.19. The molecule has 1 aliphatic rings. The van der Waals surface area contributed by atoms with Crippen LogP contribution < -0.4 is 9.64 Å². The summed E-state index contributed by atoms with van der Waals surface area (Å²) in [7, 11) is 1.65. The van der Waals surface area contributed by atoms with Gasteiger partial charge in [0.05, 0.1) is 7.11 Å². The van der Waals surface area contributed by atoms with E-state index >= 15 is 0 Å². The minimum absolute atomic E-state index is 0.171. The van der Waals surface area contributed by atoms with Crippen LogP contribution in [-0.2, 0) is 6.42 Å². The lowest BCUT2D eigenvalue weighted by Crippen LogP contribution is -2.14. The van der Waals surface area contributed by atoms with E-state index in [1.54, 1.807) is 7.11 Å². The molecular formula is C13H11Cl2N3O. The molecule has 19 heavy (non-hydrogen) atoms. The molecule has 0 saturated heterocycles. The Balaban J connectivity index is 2.01. The van der Waals surface area contributed by atoms with Crippen molar-refractivity contribution in [1.29, 1.82) is 0 Å². The second-order valence-corrected chi connectivity index (χ2v) is 4.88.